The third kappa shape index (κ3) is 12.0. The van der Waals surface area contributed by atoms with E-state index in [1.54, 1.807) is 19.1 Å². The Labute approximate surface area is 220 Å². The predicted molar refractivity (Wildman–Crippen MR) is 125 cm³/mol. The molecule has 0 saturated heterocycles. The van der Waals surface area contributed by atoms with Crippen molar-refractivity contribution in [2.45, 2.75) is 59.9 Å². The Morgan fingerprint density at radius 2 is 1.85 bits per heavy atom. The van der Waals surface area contributed by atoms with Gasteiger partial charge in [0.05, 0.1) is 23.0 Å². The molecule has 0 spiro atoms. The van der Waals surface area contributed by atoms with Crippen LogP contribution in [0.1, 0.15) is 53.9 Å². The molecule has 7 nitrogen and oxygen atoms in total. The number of ether oxygens (including phenoxy) is 1. The third-order valence-corrected chi connectivity index (χ3v) is 6.05. The zero-order valence-electron chi connectivity index (χ0n) is 20.7. The number of carbonyl (C=O) groups excluding carboxylic acids is 2. The number of amides is 1. The van der Waals surface area contributed by atoms with E-state index in [9.17, 15) is 22.6 Å². The molecule has 1 amide bonds. The second kappa shape index (κ2) is 14.1. The minimum absolute atomic E-state index is 0. The second-order valence-corrected chi connectivity index (χ2v) is 10.2. The van der Waals surface area contributed by atoms with Gasteiger partial charge < -0.3 is 14.6 Å². The summed E-state index contributed by atoms with van der Waals surface area (Å²) in [5, 5.41) is 2.19. The summed E-state index contributed by atoms with van der Waals surface area (Å²) in [6.07, 6.45) is 14.4. The molecule has 0 aromatic heterocycles. The number of rotatable bonds is 9. The quantitative estimate of drug-likeness (QED) is 0.169. The second-order valence-electron chi connectivity index (χ2n) is 8.73. The third-order valence-electron chi connectivity index (χ3n) is 5.31. The number of hydrogen-bond acceptors (Lipinski definition) is 6. The fourth-order valence-electron chi connectivity index (χ4n) is 3.62. The molecule has 1 atom stereocenters. The van der Waals surface area contributed by atoms with E-state index in [4.69, 9.17) is 0 Å². The zero-order chi connectivity index (χ0) is 24.5. The van der Waals surface area contributed by atoms with Crippen LogP contribution < -0.4 is 34.9 Å². The summed E-state index contributed by atoms with van der Waals surface area (Å²) in [5.41, 5.74) is 4.62. The van der Waals surface area contributed by atoms with Crippen LogP contribution in [0.2, 0.25) is 0 Å². The van der Waals surface area contributed by atoms with E-state index in [0.717, 1.165) is 19.1 Å². The van der Waals surface area contributed by atoms with E-state index >= 15 is 0 Å². The van der Waals surface area contributed by atoms with E-state index in [-0.39, 0.29) is 35.0 Å². The number of esters is 1. The van der Waals surface area contributed by atoms with Crippen molar-refractivity contribution in [1.82, 2.24) is 5.32 Å². The number of carbonyl (C=O) groups is 2. The Morgan fingerprint density at radius 3 is 2.39 bits per heavy atom. The van der Waals surface area contributed by atoms with Gasteiger partial charge in [-0.1, -0.05) is 55.4 Å². The first-order valence-electron chi connectivity index (χ1n) is 10.5. The molecule has 0 radical (unpaired) electrons. The van der Waals surface area contributed by atoms with E-state index in [1.165, 1.54) is 30.1 Å². The summed E-state index contributed by atoms with van der Waals surface area (Å²) in [5.74, 6) is -2.78. The molecule has 9 heteroatoms. The SMILES string of the molecule is COC(=O)[C@H](CS(=O)(=O)[O-])NC(=O)\C=C(C)/C=C/C=C(C)/C=C/C1=C(C)CCCC1(C)C.[Na+]. The first-order chi connectivity index (χ1) is 14.7. The normalized spacial score (nSPS) is 18.3. The standard InChI is InChI=1S/C24H35NO6S.Na/c1-17(12-13-20-19(3)11-8-14-24(20,4)5)9-7-10-18(2)15-22(26)25-21(23(27)31-6)16-32(28,29)30;/h7,9-10,12-13,15,21H,8,11,14,16H2,1-6H3,(H,25,26)(H,28,29,30);/q;+1/p-1/b10-7+,13-12+,17-9+,18-15-;/t21-;/m0./s1. The van der Waals surface area contributed by atoms with Gasteiger partial charge in [0.25, 0.3) is 0 Å². The number of nitrogens with one attached hydrogen (secondary N) is 1. The first kappa shape index (κ1) is 31.6. The molecule has 0 bridgehead atoms. The molecular formula is C24H34NNaO6S. The molecule has 0 aliphatic heterocycles. The van der Waals surface area contributed by atoms with Gasteiger partial charge in [0.2, 0.25) is 5.91 Å². The summed E-state index contributed by atoms with van der Waals surface area (Å²) in [4.78, 5) is 23.7. The van der Waals surface area contributed by atoms with Crippen LogP contribution in [0.4, 0.5) is 0 Å². The Balaban J connectivity index is 0.0000102. The van der Waals surface area contributed by atoms with Gasteiger partial charge in [-0.3, -0.25) is 4.79 Å². The molecule has 1 aliphatic rings. The average Bonchev–Trinajstić information content (AvgIpc) is 2.64. The van der Waals surface area contributed by atoms with Gasteiger partial charge in [0.15, 0.2) is 0 Å². The summed E-state index contributed by atoms with van der Waals surface area (Å²) < 4.78 is 37.2. The molecule has 0 aromatic rings. The van der Waals surface area contributed by atoms with Crippen LogP contribution in [0.15, 0.2) is 58.7 Å². The van der Waals surface area contributed by atoms with E-state index in [0.29, 0.717) is 5.57 Å². The summed E-state index contributed by atoms with van der Waals surface area (Å²) >= 11 is 0. The molecular weight excluding hydrogens is 453 g/mol. The summed E-state index contributed by atoms with van der Waals surface area (Å²) in [7, 11) is -3.68. The van der Waals surface area contributed by atoms with Gasteiger partial charge >= 0.3 is 35.5 Å². The van der Waals surface area contributed by atoms with Crippen LogP contribution in [-0.4, -0.2) is 43.8 Å². The van der Waals surface area contributed by atoms with E-state index in [2.05, 4.69) is 43.0 Å². The maximum atomic E-state index is 12.1. The van der Waals surface area contributed by atoms with Crippen molar-refractivity contribution >= 4 is 22.0 Å². The van der Waals surface area contributed by atoms with Gasteiger partial charge in [-0.15, -0.1) is 0 Å². The summed E-state index contributed by atoms with van der Waals surface area (Å²) in [6, 6.07) is -1.56. The molecule has 0 unspecified atom stereocenters. The number of hydrogen-bond donors (Lipinski definition) is 1. The molecule has 1 rings (SSSR count). The number of allylic oxidation sites excluding steroid dienone is 9. The van der Waals surface area contributed by atoms with Gasteiger partial charge in [-0.2, -0.15) is 0 Å². The van der Waals surface area contributed by atoms with Crippen molar-refractivity contribution in [3.05, 3.63) is 58.7 Å². The van der Waals surface area contributed by atoms with Gasteiger partial charge in [0, 0.05) is 6.08 Å². The molecule has 178 valence electrons. The Hall–Kier alpha value is -1.45. The van der Waals surface area contributed by atoms with Crippen LogP contribution in [0.5, 0.6) is 0 Å². The Kier molecular flexibility index (Phi) is 13.4. The van der Waals surface area contributed by atoms with Crippen LogP contribution in [0.25, 0.3) is 0 Å². The van der Waals surface area contributed by atoms with Crippen LogP contribution in [-0.2, 0) is 24.4 Å². The minimum Gasteiger partial charge on any atom is -0.748 e. The van der Waals surface area contributed by atoms with Crippen molar-refractivity contribution in [2.75, 3.05) is 12.9 Å². The van der Waals surface area contributed by atoms with Gasteiger partial charge in [0.1, 0.15) is 6.04 Å². The Bertz CT molecular complexity index is 971. The van der Waals surface area contributed by atoms with Crippen molar-refractivity contribution in [2.24, 2.45) is 5.41 Å². The maximum absolute atomic E-state index is 12.1. The topological polar surface area (TPSA) is 113 Å². The largest absolute Gasteiger partial charge is 1.00 e. The van der Waals surface area contributed by atoms with Gasteiger partial charge in [-0.05, 0) is 56.6 Å². The average molecular weight is 488 g/mol. The van der Waals surface area contributed by atoms with E-state index < -0.39 is 33.8 Å². The first-order valence-corrected chi connectivity index (χ1v) is 12.1. The van der Waals surface area contributed by atoms with Crippen molar-refractivity contribution in [3.8, 4) is 0 Å². The smallest absolute Gasteiger partial charge is 0.748 e. The summed E-state index contributed by atoms with van der Waals surface area (Å²) in [6.45, 7) is 10.4. The molecule has 0 saturated carbocycles. The molecule has 1 N–H and O–H groups in total. The molecule has 0 fully saturated rings. The zero-order valence-corrected chi connectivity index (χ0v) is 23.5. The maximum Gasteiger partial charge on any atom is 1.00 e. The van der Waals surface area contributed by atoms with Crippen molar-refractivity contribution in [3.63, 3.8) is 0 Å². The van der Waals surface area contributed by atoms with Crippen molar-refractivity contribution < 1.29 is 56.9 Å². The molecule has 33 heavy (non-hydrogen) atoms. The Morgan fingerprint density at radius 1 is 1.21 bits per heavy atom. The fourth-order valence-corrected chi connectivity index (χ4v) is 4.24. The molecule has 1 aliphatic carbocycles. The number of methoxy groups -OCH3 is 1. The minimum atomic E-state index is -4.72. The van der Waals surface area contributed by atoms with Crippen LogP contribution in [0, 0.1) is 5.41 Å². The monoisotopic (exact) mass is 487 g/mol. The predicted octanol–water partition coefficient (Wildman–Crippen LogP) is 0.725. The van der Waals surface area contributed by atoms with Crippen molar-refractivity contribution in [1.29, 1.82) is 0 Å². The van der Waals surface area contributed by atoms with Crippen LogP contribution in [0.3, 0.4) is 0 Å². The van der Waals surface area contributed by atoms with E-state index in [1.807, 2.05) is 13.0 Å². The van der Waals surface area contributed by atoms with Crippen LogP contribution >= 0.6 is 0 Å². The molecule has 0 aromatic carbocycles. The van der Waals surface area contributed by atoms with Gasteiger partial charge in [-0.25, -0.2) is 13.2 Å². The molecule has 0 heterocycles. The fraction of sp³-hybridized carbons (Fsp3) is 0.500.